The van der Waals surface area contributed by atoms with E-state index in [1.807, 2.05) is 17.7 Å². The van der Waals surface area contributed by atoms with Crippen molar-refractivity contribution in [3.63, 3.8) is 0 Å². The molecule has 28 heavy (non-hydrogen) atoms. The third-order valence-electron chi connectivity index (χ3n) is 4.68. The van der Waals surface area contributed by atoms with Gasteiger partial charge < -0.3 is 5.32 Å². The van der Waals surface area contributed by atoms with Gasteiger partial charge in [-0.2, -0.15) is 5.10 Å². The highest BCUT2D eigenvalue weighted by atomic mass is 32.2. The number of anilines is 3. The predicted octanol–water partition coefficient (Wildman–Crippen LogP) is 4.45. The Morgan fingerprint density at radius 3 is 2.71 bits per heavy atom. The SMILES string of the molecule is Cc1cc(Nc2ccc(S(=O)(=O)Nc3nccs3)c(F)c2)n(C2CCCC2)n1. The van der Waals surface area contributed by atoms with Gasteiger partial charge in [0.25, 0.3) is 10.0 Å². The van der Waals surface area contributed by atoms with Gasteiger partial charge in [0.1, 0.15) is 16.5 Å². The molecular formula is C18H20FN5O2S2. The van der Waals surface area contributed by atoms with E-state index < -0.39 is 20.7 Å². The number of hydrogen-bond donors (Lipinski definition) is 2. The van der Waals surface area contributed by atoms with E-state index >= 15 is 0 Å². The third-order valence-corrected chi connectivity index (χ3v) is 6.87. The average Bonchev–Trinajstić information content (AvgIpc) is 3.36. The fraction of sp³-hybridized carbons (Fsp3) is 0.333. The summed E-state index contributed by atoms with van der Waals surface area (Å²) < 4.78 is 43.6. The largest absolute Gasteiger partial charge is 0.340 e. The number of halogens is 1. The quantitative estimate of drug-likeness (QED) is 0.614. The second-order valence-corrected chi connectivity index (χ2v) is 9.31. The van der Waals surface area contributed by atoms with Crippen molar-refractivity contribution in [3.05, 3.63) is 47.4 Å². The summed E-state index contributed by atoms with van der Waals surface area (Å²) in [7, 11) is -4.04. The molecule has 4 rings (SSSR count). The van der Waals surface area contributed by atoms with Crippen molar-refractivity contribution >= 4 is 38.0 Å². The standard InChI is InChI=1S/C18H20FN5O2S2/c1-12-10-17(24(22-12)14-4-2-3-5-14)21-13-6-7-16(15(19)11-13)28(25,26)23-18-20-8-9-27-18/h6-11,14,21H,2-5H2,1H3,(H,20,23). The van der Waals surface area contributed by atoms with E-state index in [9.17, 15) is 12.8 Å². The zero-order valence-corrected chi connectivity index (χ0v) is 16.9. The number of aryl methyl sites for hydroxylation is 1. The van der Waals surface area contributed by atoms with Gasteiger partial charge in [0, 0.05) is 23.3 Å². The Kier molecular flexibility index (Phi) is 5.07. The number of benzene rings is 1. The lowest BCUT2D eigenvalue weighted by Gasteiger charge is -2.16. The van der Waals surface area contributed by atoms with E-state index in [0.717, 1.165) is 35.7 Å². The van der Waals surface area contributed by atoms with Gasteiger partial charge in [-0.3, -0.25) is 4.72 Å². The van der Waals surface area contributed by atoms with Gasteiger partial charge in [0.05, 0.1) is 11.7 Å². The smallest absolute Gasteiger partial charge is 0.266 e. The molecule has 0 saturated heterocycles. The molecule has 1 fully saturated rings. The molecule has 1 aliphatic rings. The summed E-state index contributed by atoms with van der Waals surface area (Å²) in [5.74, 6) is -0.0574. The van der Waals surface area contributed by atoms with Gasteiger partial charge in [-0.25, -0.2) is 22.5 Å². The molecule has 2 N–H and O–H groups in total. The first-order valence-corrected chi connectivity index (χ1v) is 11.3. The molecule has 7 nitrogen and oxygen atoms in total. The molecule has 0 unspecified atom stereocenters. The lowest BCUT2D eigenvalue weighted by Crippen LogP contribution is -2.14. The van der Waals surface area contributed by atoms with Crippen molar-refractivity contribution in [2.45, 2.75) is 43.5 Å². The van der Waals surface area contributed by atoms with Crippen molar-refractivity contribution in [2.24, 2.45) is 0 Å². The van der Waals surface area contributed by atoms with Crippen molar-refractivity contribution in [1.82, 2.24) is 14.8 Å². The van der Waals surface area contributed by atoms with Crippen LogP contribution in [0.15, 0.2) is 40.7 Å². The summed E-state index contributed by atoms with van der Waals surface area (Å²) >= 11 is 1.13. The minimum absolute atomic E-state index is 0.192. The maximum absolute atomic E-state index is 14.6. The summed E-state index contributed by atoms with van der Waals surface area (Å²) in [4.78, 5) is 3.44. The van der Waals surface area contributed by atoms with Crippen LogP contribution in [0.3, 0.4) is 0 Å². The Balaban J connectivity index is 1.57. The molecule has 2 aromatic heterocycles. The Bertz CT molecular complexity index is 1070. The van der Waals surface area contributed by atoms with E-state index in [1.54, 1.807) is 11.4 Å². The molecule has 10 heteroatoms. The van der Waals surface area contributed by atoms with Crippen molar-refractivity contribution in [1.29, 1.82) is 0 Å². The van der Waals surface area contributed by atoms with E-state index in [1.165, 1.54) is 31.2 Å². The molecule has 1 aromatic carbocycles. The van der Waals surface area contributed by atoms with Crippen LogP contribution in [0.5, 0.6) is 0 Å². The van der Waals surface area contributed by atoms with Gasteiger partial charge in [0.2, 0.25) is 0 Å². The van der Waals surface area contributed by atoms with Crippen LogP contribution in [0.25, 0.3) is 0 Å². The molecule has 0 bridgehead atoms. The first kappa shape index (κ1) is 18.9. The van der Waals surface area contributed by atoms with Gasteiger partial charge in [-0.1, -0.05) is 12.8 Å². The van der Waals surface area contributed by atoms with E-state index in [0.29, 0.717) is 11.7 Å². The Morgan fingerprint density at radius 2 is 2.04 bits per heavy atom. The molecule has 0 radical (unpaired) electrons. The average molecular weight is 422 g/mol. The molecule has 3 aromatic rings. The summed E-state index contributed by atoms with van der Waals surface area (Å²) in [6.07, 6.45) is 5.97. The predicted molar refractivity (Wildman–Crippen MR) is 107 cm³/mol. The summed E-state index contributed by atoms with van der Waals surface area (Å²) in [5.41, 5.74) is 1.34. The van der Waals surface area contributed by atoms with Gasteiger partial charge >= 0.3 is 0 Å². The van der Waals surface area contributed by atoms with Crippen LogP contribution in [0.2, 0.25) is 0 Å². The highest BCUT2D eigenvalue weighted by Crippen LogP contribution is 2.33. The molecule has 1 saturated carbocycles. The Hall–Kier alpha value is -2.46. The number of thiazole rings is 1. The Labute approximate surface area is 166 Å². The fourth-order valence-electron chi connectivity index (χ4n) is 3.43. The first-order chi connectivity index (χ1) is 13.4. The minimum atomic E-state index is -4.04. The summed E-state index contributed by atoms with van der Waals surface area (Å²) in [6, 6.07) is 6.21. The number of aromatic nitrogens is 3. The highest BCUT2D eigenvalue weighted by Gasteiger charge is 2.23. The maximum Gasteiger partial charge on any atom is 0.266 e. The van der Waals surface area contributed by atoms with Crippen LogP contribution in [0.1, 0.15) is 37.4 Å². The number of nitrogens with zero attached hydrogens (tertiary/aromatic N) is 3. The van der Waals surface area contributed by atoms with Crippen LogP contribution in [-0.2, 0) is 10.0 Å². The van der Waals surface area contributed by atoms with Crippen LogP contribution in [0, 0.1) is 12.7 Å². The molecule has 0 aliphatic heterocycles. The molecule has 0 atom stereocenters. The van der Waals surface area contributed by atoms with Crippen molar-refractivity contribution in [3.8, 4) is 0 Å². The van der Waals surface area contributed by atoms with Crippen molar-refractivity contribution < 1.29 is 12.8 Å². The van der Waals surface area contributed by atoms with E-state index in [2.05, 4.69) is 20.1 Å². The van der Waals surface area contributed by atoms with E-state index in [4.69, 9.17) is 0 Å². The topological polar surface area (TPSA) is 88.9 Å². The van der Waals surface area contributed by atoms with Crippen LogP contribution < -0.4 is 10.0 Å². The van der Waals surface area contributed by atoms with Gasteiger partial charge in [-0.05, 0) is 38.0 Å². The lowest BCUT2D eigenvalue weighted by molar-refractivity contribution is 0.470. The normalized spacial score (nSPS) is 15.1. The molecular weight excluding hydrogens is 401 g/mol. The van der Waals surface area contributed by atoms with Gasteiger partial charge in [-0.15, -0.1) is 11.3 Å². The van der Waals surface area contributed by atoms with Crippen molar-refractivity contribution in [2.75, 3.05) is 10.0 Å². The molecule has 1 aliphatic carbocycles. The fourth-order valence-corrected chi connectivity index (χ4v) is 5.27. The first-order valence-electron chi connectivity index (χ1n) is 8.97. The monoisotopic (exact) mass is 421 g/mol. The zero-order valence-electron chi connectivity index (χ0n) is 15.2. The second-order valence-electron chi connectivity index (χ2n) is 6.77. The number of nitrogens with one attached hydrogen (secondary N) is 2. The summed E-state index contributed by atoms with van der Waals surface area (Å²) in [5, 5.41) is 9.56. The third kappa shape index (κ3) is 3.88. The molecule has 0 amide bonds. The lowest BCUT2D eigenvalue weighted by atomic mass is 10.2. The maximum atomic E-state index is 14.6. The minimum Gasteiger partial charge on any atom is -0.340 e. The molecule has 148 valence electrons. The van der Waals surface area contributed by atoms with Crippen LogP contribution in [-0.4, -0.2) is 23.2 Å². The van der Waals surface area contributed by atoms with Gasteiger partial charge in [0.15, 0.2) is 5.13 Å². The summed E-state index contributed by atoms with van der Waals surface area (Å²) in [6.45, 7) is 1.91. The Morgan fingerprint density at radius 1 is 1.25 bits per heavy atom. The van der Waals surface area contributed by atoms with Crippen LogP contribution >= 0.6 is 11.3 Å². The zero-order chi connectivity index (χ0) is 19.7. The molecule has 2 heterocycles. The van der Waals surface area contributed by atoms with E-state index in [-0.39, 0.29) is 5.13 Å². The second kappa shape index (κ2) is 7.51. The number of hydrogen-bond acceptors (Lipinski definition) is 6. The highest BCUT2D eigenvalue weighted by molar-refractivity contribution is 7.93. The number of rotatable bonds is 6. The number of sulfonamides is 1. The molecule has 0 spiro atoms. The van der Waals surface area contributed by atoms with Crippen LogP contribution in [0.4, 0.5) is 21.0 Å².